The van der Waals surface area contributed by atoms with Crippen LogP contribution in [0.25, 0.3) is 0 Å². The molecule has 0 radical (unpaired) electrons. The molecule has 1 atom stereocenters. The molecule has 1 saturated heterocycles. The van der Waals surface area contributed by atoms with E-state index in [4.69, 9.17) is 4.74 Å². The summed E-state index contributed by atoms with van der Waals surface area (Å²) in [6.07, 6.45) is 1.07. The van der Waals surface area contributed by atoms with Gasteiger partial charge in [-0.15, -0.1) is 0 Å². The summed E-state index contributed by atoms with van der Waals surface area (Å²) in [5.41, 5.74) is -1.08. The van der Waals surface area contributed by atoms with Gasteiger partial charge >= 0.3 is 6.09 Å². The molecule has 8 heteroatoms. The van der Waals surface area contributed by atoms with Crippen molar-refractivity contribution in [1.29, 1.82) is 0 Å². The van der Waals surface area contributed by atoms with Gasteiger partial charge < -0.3 is 10.1 Å². The number of likely N-dealkylation sites (tertiary alicyclic amines) is 1. The van der Waals surface area contributed by atoms with Gasteiger partial charge in [-0.25, -0.2) is 13.2 Å². The molecule has 1 N–H and O–H groups in total. The molecule has 7 nitrogen and oxygen atoms in total. The molecule has 1 heterocycles. The Kier molecular flexibility index (Phi) is 7.01. The maximum absolute atomic E-state index is 12.9. The van der Waals surface area contributed by atoms with Gasteiger partial charge in [-0.1, -0.05) is 13.8 Å². The van der Waals surface area contributed by atoms with E-state index >= 15 is 0 Å². The average Bonchev–Trinajstić information content (AvgIpc) is 2.42. The van der Waals surface area contributed by atoms with Crippen LogP contribution in [0.2, 0.25) is 0 Å². The van der Waals surface area contributed by atoms with Gasteiger partial charge in [0.15, 0.2) is 9.84 Å². The van der Waals surface area contributed by atoms with E-state index in [0.717, 1.165) is 12.8 Å². The fourth-order valence-corrected chi connectivity index (χ4v) is 4.10. The Labute approximate surface area is 164 Å². The molecule has 27 heavy (non-hydrogen) atoms. The maximum atomic E-state index is 12.9. The minimum Gasteiger partial charge on any atom is -0.444 e. The van der Waals surface area contributed by atoms with E-state index in [9.17, 15) is 18.0 Å². The number of carbonyl (C=O) groups excluding carboxylic acids is 2. The number of nitrogens with one attached hydrogen (secondary N) is 1. The second kappa shape index (κ2) is 7.97. The second-order valence-corrected chi connectivity index (χ2v) is 12.8. The highest BCUT2D eigenvalue weighted by Gasteiger charge is 2.45. The van der Waals surface area contributed by atoms with Crippen LogP contribution in [-0.2, 0) is 19.4 Å². The first-order valence-electron chi connectivity index (χ1n) is 9.48. The summed E-state index contributed by atoms with van der Waals surface area (Å²) in [4.78, 5) is 27.0. The van der Waals surface area contributed by atoms with Crippen LogP contribution in [0.3, 0.4) is 0 Å². The number of amides is 2. The SMILES string of the molecule is CC(C)(C)OC(=O)N1CCCC(C)(C)[C@@H]1C(=O)NCCS(=O)(=O)C(C)(C)C. The van der Waals surface area contributed by atoms with Crippen LogP contribution < -0.4 is 5.32 Å². The van der Waals surface area contributed by atoms with Crippen LogP contribution in [-0.4, -0.2) is 60.6 Å². The van der Waals surface area contributed by atoms with Crippen LogP contribution in [0.1, 0.15) is 68.2 Å². The number of sulfone groups is 1. The van der Waals surface area contributed by atoms with Crippen LogP contribution >= 0.6 is 0 Å². The summed E-state index contributed by atoms with van der Waals surface area (Å²) >= 11 is 0. The van der Waals surface area contributed by atoms with Crippen LogP contribution in [0.5, 0.6) is 0 Å². The summed E-state index contributed by atoms with van der Waals surface area (Å²) in [5.74, 6) is -0.475. The van der Waals surface area contributed by atoms with Gasteiger partial charge in [-0.3, -0.25) is 9.69 Å². The summed E-state index contributed by atoms with van der Waals surface area (Å²) in [6.45, 7) is 14.6. The molecule has 0 unspecified atom stereocenters. The van der Waals surface area contributed by atoms with Crippen LogP contribution in [0.15, 0.2) is 0 Å². The molecule has 2 amide bonds. The van der Waals surface area contributed by atoms with Gasteiger partial charge in [0.2, 0.25) is 5.91 Å². The first-order chi connectivity index (χ1) is 12.0. The van der Waals surface area contributed by atoms with Gasteiger partial charge in [0.05, 0.1) is 10.5 Å². The number of ether oxygens (including phenoxy) is 1. The van der Waals surface area contributed by atoms with E-state index < -0.39 is 37.7 Å². The Morgan fingerprint density at radius 2 is 1.70 bits per heavy atom. The zero-order valence-electron chi connectivity index (χ0n) is 18.0. The topological polar surface area (TPSA) is 92.8 Å². The highest BCUT2D eigenvalue weighted by molar-refractivity contribution is 7.92. The zero-order valence-corrected chi connectivity index (χ0v) is 18.8. The van der Waals surface area contributed by atoms with Crippen molar-refractivity contribution in [1.82, 2.24) is 10.2 Å². The Hall–Kier alpha value is -1.31. The lowest BCUT2D eigenvalue weighted by molar-refractivity contribution is -0.132. The standard InChI is InChI=1S/C19H36N2O5S/c1-17(2,3)26-16(23)21-12-9-10-19(7,8)14(21)15(22)20-11-13-27(24,25)18(4,5)6/h14H,9-13H2,1-8H3,(H,20,22)/t14-/m0/s1. The number of nitrogens with zero attached hydrogens (tertiary/aromatic N) is 1. The fraction of sp³-hybridized carbons (Fsp3) is 0.895. The van der Waals surface area contributed by atoms with Gasteiger partial charge in [0, 0.05) is 13.1 Å². The predicted octanol–water partition coefficient (Wildman–Crippen LogP) is 2.74. The molecule has 0 spiro atoms. The van der Waals surface area contributed by atoms with E-state index in [1.165, 1.54) is 4.90 Å². The van der Waals surface area contributed by atoms with Crippen LogP contribution in [0, 0.1) is 5.41 Å². The van der Waals surface area contributed by atoms with Gasteiger partial charge in [0.1, 0.15) is 11.6 Å². The third-order valence-corrected chi connectivity index (χ3v) is 7.36. The van der Waals surface area contributed by atoms with E-state index in [2.05, 4.69) is 5.32 Å². The maximum Gasteiger partial charge on any atom is 0.410 e. The smallest absolute Gasteiger partial charge is 0.410 e. The van der Waals surface area contributed by atoms with E-state index in [1.54, 1.807) is 41.5 Å². The van der Waals surface area contributed by atoms with Crippen molar-refractivity contribution in [2.45, 2.75) is 84.6 Å². The Morgan fingerprint density at radius 1 is 1.15 bits per heavy atom. The van der Waals surface area contributed by atoms with Gasteiger partial charge in [-0.05, 0) is 59.8 Å². The number of hydrogen-bond donors (Lipinski definition) is 1. The van der Waals surface area contributed by atoms with Crippen molar-refractivity contribution in [2.75, 3.05) is 18.8 Å². The van der Waals surface area contributed by atoms with E-state index in [1.807, 2.05) is 13.8 Å². The molecule has 0 aromatic heterocycles. The molecule has 1 aliphatic rings. The van der Waals surface area contributed by atoms with Gasteiger partial charge in [-0.2, -0.15) is 0 Å². The molecular formula is C19H36N2O5S. The van der Waals surface area contributed by atoms with Crippen molar-refractivity contribution >= 4 is 21.8 Å². The predicted molar refractivity (Wildman–Crippen MR) is 106 cm³/mol. The lowest BCUT2D eigenvalue weighted by Crippen LogP contribution is -2.60. The molecule has 158 valence electrons. The number of rotatable bonds is 4. The fourth-order valence-electron chi connectivity index (χ4n) is 3.12. The molecule has 0 saturated carbocycles. The number of piperidine rings is 1. The minimum absolute atomic E-state index is 0.0210. The summed E-state index contributed by atoms with van der Waals surface area (Å²) in [7, 11) is -3.33. The Morgan fingerprint density at radius 3 is 2.19 bits per heavy atom. The molecular weight excluding hydrogens is 368 g/mol. The van der Waals surface area contributed by atoms with Crippen molar-refractivity contribution < 1.29 is 22.7 Å². The van der Waals surface area contributed by atoms with Crippen molar-refractivity contribution in [3.05, 3.63) is 0 Å². The lowest BCUT2D eigenvalue weighted by atomic mass is 9.76. The summed E-state index contributed by atoms with van der Waals surface area (Å²) < 4.78 is 29.1. The lowest BCUT2D eigenvalue weighted by Gasteiger charge is -2.45. The van der Waals surface area contributed by atoms with Crippen molar-refractivity contribution in [3.63, 3.8) is 0 Å². The average molecular weight is 405 g/mol. The molecule has 1 fully saturated rings. The molecule has 0 aromatic carbocycles. The molecule has 0 aliphatic carbocycles. The molecule has 0 bridgehead atoms. The molecule has 1 rings (SSSR count). The quantitative estimate of drug-likeness (QED) is 0.778. The Balaban J connectivity index is 2.89. The normalized spacial score (nSPS) is 20.9. The minimum atomic E-state index is -3.33. The van der Waals surface area contributed by atoms with E-state index in [-0.39, 0.29) is 18.2 Å². The first-order valence-corrected chi connectivity index (χ1v) is 11.1. The van der Waals surface area contributed by atoms with Crippen molar-refractivity contribution in [3.8, 4) is 0 Å². The summed E-state index contributed by atoms with van der Waals surface area (Å²) in [6, 6.07) is -0.696. The highest BCUT2D eigenvalue weighted by Crippen LogP contribution is 2.36. The molecule has 0 aromatic rings. The van der Waals surface area contributed by atoms with E-state index in [0.29, 0.717) is 6.54 Å². The zero-order chi connectivity index (χ0) is 21.3. The van der Waals surface area contributed by atoms with Gasteiger partial charge in [0.25, 0.3) is 0 Å². The third-order valence-electron chi connectivity index (χ3n) is 4.75. The molecule has 1 aliphatic heterocycles. The third kappa shape index (κ3) is 6.36. The Bertz CT molecular complexity index is 657. The summed E-state index contributed by atoms with van der Waals surface area (Å²) in [5, 5.41) is 2.72. The first kappa shape index (κ1) is 23.7. The second-order valence-electron chi connectivity index (χ2n) is 9.89. The monoisotopic (exact) mass is 404 g/mol. The largest absolute Gasteiger partial charge is 0.444 e. The highest BCUT2D eigenvalue weighted by atomic mass is 32.2. The van der Waals surface area contributed by atoms with Crippen LogP contribution in [0.4, 0.5) is 4.79 Å². The van der Waals surface area contributed by atoms with Crippen molar-refractivity contribution in [2.24, 2.45) is 5.41 Å². The number of carbonyl (C=O) groups is 2. The number of hydrogen-bond acceptors (Lipinski definition) is 5.